The van der Waals surface area contributed by atoms with Gasteiger partial charge in [0.2, 0.25) is 47.3 Å². The number of primary amides is 2. The van der Waals surface area contributed by atoms with Crippen LogP contribution in [0.3, 0.4) is 0 Å². The van der Waals surface area contributed by atoms with Gasteiger partial charge in [0.05, 0.1) is 58.8 Å². The van der Waals surface area contributed by atoms with E-state index in [1.807, 2.05) is 6.92 Å². The first-order valence-corrected chi connectivity index (χ1v) is 30.2. The summed E-state index contributed by atoms with van der Waals surface area (Å²) >= 11 is 0. The van der Waals surface area contributed by atoms with Crippen LogP contribution in [0.5, 0.6) is 0 Å². The van der Waals surface area contributed by atoms with Crippen LogP contribution in [0.25, 0.3) is 0 Å². The topological polar surface area (TPSA) is 503 Å². The molecule has 0 rings (SSSR count). The third kappa shape index (κ3) is 46.6. The number of aliphatic carboxylic acids is 5. The molecule has 4 atom stereocenters. The van der Waals surface area contributed by atoms with Gasteiger partial charge in [-0.15, -0.1) is 0 Å². The van der Waals surface area contributed by atoms with E-state index in [9.17, 15) is 87.9 Å². The van der Waals surface area contributed by atoms with E-state index < -0.39 is 103 Å². The van der Waals surface area contributed by atoms with Crippen molar-refractivity contribution in [2.45, 2.75) is 141 Å². The van der Waals surface area contributed by atoms with Gasteiger partial charge in [-0.1, -0.05) is 13.3 Å². The molecule has 0 spiro atoms. The maximum Gasteiger partial charge on any atom is 0.320 e. The van der Waals surface area contributed by atoms with Crippen LogP contribution in [0.2, 0.25) is 0 Å². The summed E-state index contributed by atoms with van der Waals surface area (Å²) < 4.78 is 21.4. The normalized spacial score (nSPS) is 12.6. The summed E-state index contributed by atoms with van der Waals surface area (Å²) in [4.78, 5) is 159. The zero-order valence-electron chi connectivity index (χ0n) is 51.6. The molecule has 0 saturated heterocycles. The van der Waals surface area contributed by atoms with Crippen molar-refractivity contribution in [1.82, 2.24) is 47.0 Å². The highest BCUT2D eigenvalue weighted by atomic mass is 16.5. The van der Waals surface area contributed by atoms with Gasteiger partial charge in [-0.3, -0.25) is 72.1 Å². The Labute approximate surface area is 518 Å². The molecule has 0 saturated carbocycles. The lowest BCUT2D eigenvalue weighted by Gasteiger charge is -2.32. The first-order valence-electron chi connectivity index (χ1n) is 30.2. The quantitative estimate of drug-likeness (QED) is 0.0277. The molecule has 0 unspecified atom stereocenters. The molecule has 0 aromatic heterocycles. The minimum atomic E-state index is -1.40. The predicted molar refractivity (Wildman–Crippen MR) is 317 cm³/mol. The van der Waals surface area contributed by atoms with Crippen LogP contribution in [0, 0.1) is 11.8 Å². The molecular weight excluding hydrogens is 1180 g/mol. The number of carboxylic acids is 5. The van der Waals surface area contributed by atoms with Crippen molar-refractivity contribution in [3.05, 3.63) is 0 Å². The van der Waals surface area contributed by atoms with E-state index in [1.54, 1.807) is 7.05 Å². The van der Waals surface area contributed by atoms with Gasteiger partial charge in [0, 0.05) is 83.8 Å². The van der Waals surface area contributed by atoms with Gasteiger partial charge >= 0.3 is 29.8 Å². The zero-order valence-corrected chi connectivity index (χ0v) is 51.6. The number of nitrogens with one attached hydrogen (secondary N) is 7. The predicted octanol–water partition coefficient (Wildman–Crippen LogP) is -2.65. The number of likely N-dealkylation sites (N-methyl/N-ethyl adjacent to an activating group) is 1. The lowest BCUT2D eigenvalue weighted by Crippen LogP contribution is -2.47. The Bertz CT molecular complexity index is 2090. The molecule has 0 aliphatic rings. The Hall–Kier alpha value is -7.17. The summed E-state index contributed by atoms with van der Waals surface area (Å²) in [7, 11) is 1.60. The van der Waals surface area contributed by atoms with E-state index >= 15 is 0 Å². The van der Waals surface area contributed by atoms with E-state index in [0.717, 1.165) is 17.7 Å². The maximum absolute atomic E-state index is 13.4. The number of hydrogen-bond acceptors (Lipinski definition) is 20. The average Bonchev–Trinajstić information content (AvgIpc) is 3.52. The van der Waals surface area contributed by atoms with Crippen LogP contribution in [-0.4, -0.2) is 256 Å². The second-order valence-corrected chi connectivity index (χ2v) is 21.0. The van der Waals surface area contributed by atoms with Crippen molar-refractivity contribution in [2.75, 3.05) is 125 Å². The Morgan fingerprint density at radius 2 is 0.921 bits per heavy atom. The van der Waals surface area contributed by atoms with Crippen LogP contribution in [0.4, 0.5) is 0 Å². The molecule has 33 nitrogen and oxygen atoms in total. The number of amides is 8. The highest BCUT2D eigenvalue weighted by Gasteiger charge is 2.29. The molecule has 510 valence electrons. The van der Waals surface area contributed by atoms with Gasteiger partial charge in [0.25, 0.3) is 0 Å². The Morgan fingerprint density at radius 1 is 0.449 bits per heavy atom. The summed E-state index contributed by atoms with van der Waals surface area (Å²) in [6.07, 6.45) is 3.38. The fraction of sp³-hybridized carbons (Fsp3) is 0.768. The molecule has 0 aliphatic heterocycles. The molecule has 0 aliphatic carbocycles. The maximum atomic E-state index is 13.4. The van der Waals surface area contributed by atoms with E-state index in [0.29, 0.717) is 51.5 Å². The Morgan fingerprint density at radius 3 is 1.42 bits per heavy atom. The number of hydrogen-bond donors (Lipinski definition) is 14. The number of carboxylic acid groups (broad SMARTS) is 5. The molecule has 0 bridgehead atoms. The van der Waals surface area contributed by atoms with Crippen molar-refractivity contribution in [1.29, 1.82) is 0 Å². The van der Waals surface area contributed by atoms with Gasteiger partial charge in [-0.2, -0.15) is 0 Å². The van der Waals surface area contributed by atoms with Crippen molar-refractivity contribution >= 4 is 77.1 Å². The van der Waals surface area contributed by atoms with Crippen LogP contribution in [0.1, 0.15) is 122 Å². The fourth-order valence-electron chi connectivity index (χ4n) is 8.89. The number of ether oxygens (including phenoxy) is 4. The van der Waals surface area contributed by atoms with Gasteiger partial charge in [0.1, 0.15) is 25.3 Å². The minimum absolute atomic E-state index is 0.00870. The first-order chi connectivity index (χ1) is 42.4. The SMILES string of the molecule is CC[C@@H](CCCCNC(=O)COCCOCCNC(=O)COCCOCCNC(=O)CCCC(=O)N[C@@H](CCCCNC(=O)CC[C@@H](C(=O)O)N(CCC(CC(=O)O)CC(=O)O)CCN(CC(=O)O)CC(=O)O)C(=O)NCCCC[C@H](NC)C(N)=O)C(N)=O. The molecule has 0 aromatic carbocycles. The van der Waals surface area contributed by atoms with Crippen LogP contribution in [0.15, 0.2) is 0 Å². The summed E-state index contributed by atoms with van der Waals surface area (Å²) in [5.41, 5.74) is 10.7. The summed E-state index contributed by atoms with van der Waals surface area (Å²) in [6, 6.07) is -2.95. The van der Waals surface area contributed by atoms with Crippen molar-refractivity contribution in [2.24, 2.45) is 23.3 Å². The molecular formula is C56H99N11O22. The largest absolute Gasteiger partial charge is 0.481 e. The lowest BCUT2D eigenvalue weighted by atomic mass is 9.96. The molecule has 0 radical (unpaired) electrons. The smallest absolute Gasteiger partial charge is 0.320 e. The van der Waals surface area contributed by atoms with Gasteiger partial charge in [-0.25, -0.2) is 0 Å². The van der Waals surface area contributed by atoms with E-state index in [2.05, 4.69) is 37.2 Å². The third-order valence-electron chi connectivity index (χ3n) is 13.7. The van der Waals surface area contributed by atoms with E-state index in [-0.39, 0.29) is 173 Å². The van der Waals surface area contributed by atoms with Crippen LogP contribution in [-0.2, 0) is 81.3 Å². The minimum Gasteiger partial charge on any atom is -0.481 e. The number of rotatable bonds is 60. The van der Waals surface area contributed by atoms with E-state index in [1.165, 1.54) is 4.90 Å². The average molecular weight is 1280 g/mol. The number of nitrogens with two attached hydrogens (primary N) is 2. The van der Waals surface area contributed by atoms with Gasteiger partial charge < -0.3 is 93.2 Å². The van der Waals surface area contributed by atoms with Crippen molar-refractivity contribution < 1.29 is 107 Å². The van der Waals surface area contributed by atoms with Crippen LogP contribution < -0.4 is 48.7 Å². The molecule has 89 heavy (non-hydrogen) atoms. The first kappa shape index (κ1) is 81.8. The summed E-state index contributed by atoms with van der Waals surface area (Å²) in [6.45, 7) is 1.73. The molecule has 0 fully saturated rings. The number of unbranched alkanes of at least 4 members (excludes halogenated alkanes) is 3. The van der Waals surface area contributed by atoms with Gasteiger partial charge in [-0.05, 0) is 96.6 Å². The second-order valence-electron chi connectivity index (χ2n) is 21.0. The highest BCUT2D eigenvalue weighted by Crippen LogP contribution is 2.18. The monoisotopic (exact) mass is 1280 g/mol. The summed E-state index contributed by atoms with van der Waals surface area (Å²) in [5, 5.41) is 66.5. The molecule has 33 heteroatoms. The molecule has 16 N–H and O–H groups in total. The van der Waals surface area contributed by atoms with E-state index in [4.69, 9.17) is 30.4 Å². The lowest BCUT2D eigenvalue weighted by molar-refractivity contribution is -0.146. The molecule has 0 heterocycles. The number of carbonyl (C=O) groups excluding carboxylic acids is 8. The number of nitrogens with zero attached hydrogens (tertiary/aromatic N) is 2. The second kappa shape index (κ2) is 51.7. The highest BCUT2D eigenvalue weighted by molar-refractivity contribution is 5.88. The van der Waals surface area contributed by atoms with Crippen LogP contribution >= 0.6 is 0 Å². The van der Waals surface area contributed by atoms with Crippen molar-refractivity contribution in [3.8, 4) is 0 Å². The fourth-order valence-corrected chi connectivity index (χ4v) is 8.89. The standard InChI is InChI=1S/C56H99N11O22/c1-3-40(53(57)81)11-4-7-20-61-47(71)37-88-31-30-87-28-23-63-48(72)38-89-32-29-86-27-22-62-44(68)14-10-15-46(70)65-42(55(83)64-21-9-5-12-41(59-2)54(58)82)13-6-8-19-60-45(69)17-16-43(56(84)85)67(24-18-39(33-49(73)74)34-50(75)76)26-25-66(35-51(77)78)36-52(79)80/h39-43,59H,3-38H2,1-2H3,(H2,57,81)(H2,58,82)(H,60,69)(H,61,71)(H,62,68)(H,63,72)(H,64,83)(H,65,70)(H,73,74)(H,75,76)(H,77,78)(H,79,80)(H,84,85)/t40-,41-,42-,43-/m0/s1. The Kier molecular flexibility index (Phi) is 47.5. The van der Waals surface area contributed by atoms with Gasteiger partial charge in [0.15, 0.2) is 0 Å². The molecule has 8 amide bonds. The number of carbonyl (C=O) groups is 13. The Balaban J connectivity index is 4.96. The third-order valence-corrected chi connectivity index (χ3v) is 13.7. The summed E-state index contributed by atoms with van der Waals surface area (Å²) in [5.74, 6) is -11.1. The van der Waals surface area contributed by atoms with Crippen molar-refractivity contribution in [3.63, 3.8) is 0 Å². The molecule has 0 aromatic rings. The zero-order chi connectivity index (χ0) is 66.8.